The first-order valence-corrected chi connectivity index (χ1v) is 8.26. The van der Waals surface area contributed by atoms with Crippen molar-refractivity contribution in [1.29, 1.82) is 0 Å². The molecule has 4 N–H and O–H groups in total. The van der Waals surface area contributed by atoms with Crippen LogP contribution in [0.4, 0.5) is 0 Å². The molecule has 1 fully saturated rings. The average molecular weight is 363 g/mol. The summed E-state index contributed by atoms with van der Waals surface area (Å²) < 4.78 is 0. The first-order chi connectivity index (χ1) is 10.7. The Hall–Kier alpha value is -1.34. The lowest BCUT2D eigenvalue weighted by Gasteiger charge is -2.30. The fraction of sp³-hybridized carbons (Fsp3) is 0.812. The molecule has 7 nitrogen and oxygen atoms in total. The number of hydrogen-bond acceptors (Lipinski definition) is 4. The summed E-state index contributed by atoms with van der Waals surface area (Å²) in [6, 6.07) is -0.625. The highest BCUT2D eigenvalue weighted by molar-refractivity contribution is 5.87. The number of amides is 3. The van der Waals surface area contributed by atoms with E-state index in [1.807, 2.05) is 13.8 Å². The Kier molecular flexibility index (Phi) is 9.92. The van der Waals surface area contributed by atoms with E-state index in [9.17, 15) is 14.4 Å². The van der Waals surface area contributed by atoms with E-state index in [0.29, 0.717) is 6.42 Å². The zero-order chi connectivity index (χ0) is 17.6. The molecule has 24 heavy (non-hydrogen) atoms. The van der Waals surface area contributed by atoms with Gasteiger partial charge in [-0.25, -0.2) is 0 Å². The van der Waals surface area contributed by atoms with Crippen LogP contribution in [0.3, 0.4) is 0 Å². The number of hydrogen-bond donors (Lipinski definition) is 3. The number of nitrogens with one attached hydrogen (secondary N) is 2. The van der Waals surface area contributed by atoms with Crippen LogP contribution < -0.4 is 16.4 Å². The summed E-state index contributed by atoms with van der Waals surface area (Å²) in [5.74, 6) is -0.459. The molecule has 1 rings (SSSR count). The van der Waals surface area contributed by atoms with Crippen molar-refractivity contribution in [1.82, 2.24) is 15.5 Å². The van der Waals surface area contributed by atoms with Crippen LogP contribution in [0.5, 0.6) is 0 Å². The van der Waals surface area contributed by atoms with Gasteiger partial charge in [0.1, 0.15) is 0 Å². The van der Waals surface area contributed by atoms with Gasteiger partial charge >= 0.3 is 0 Å². The molecule has 0 aromatic carbocycles. The molecule has 3 amide bonds. The average Bonchev–Trinajstić information content (AvgIpc) is 2.51. The van der Waals surface area contributed by atoms with Gasteiger partial charge in [0.05, 0.1) is 12.6 Å². The van der Waals surface area contributed by atoms with Crippen molar-refractivity contribution in [3.63, 3.8) is 0 Å². The van der Waals surface area contributed by atoms with E-state index in [1.165, 1.54) is 0 Å². The SMILES string of the molecule is CC(C)[C@H](N)C(=O)NCC(=O)NC1CCCC(C(=O)N(C)C)C1.Cl. The minimum absolute atomic E-state index is 0. The van der Waals surface area contributed by atoms with Crippen LogP contribution in [0.25, 0.3) is 0 Å². The third-order valence-corrected chi connectivity index (χ3v) is 4.27. The van der Waals surface area contributed by atoms with Gasteiger partial charge in [-0.05, 0) is 25.2 Å². The molecule has 1 aliphatic rings. The quantitative estimate of drug-likeness (QED) is 0.630. The molecule has 2 unspecified atom stereocenters. The highest BCUT2D eigenvalue weighted by Crippen LogP contribution is 2.25. The normalized spacial score (nSPS) is 21.4. The second-order valence-corrected chi connectivity index (χ2v) is 6.85. The van der Waals surface area contributed by atoms with E-state index in [2.05, 4.69) is 10.6 Å². The predicted octanol–water partition coefficient (Wildman–Crippen LogP) is 0.271. The van der Waals surface area contributed by atoms with Crippen LogP contribution in [-0.4, -0.2) is 55.3 Å². The predicted molar refractivity (Wildman–Crippen MR) is 95.7 cm³/mol. The van der Waals surface area contributed by atoms with Crippen LogP contribution in [0.1, 0.15) is 39.5 Å². The minimum Gasteiger partial charge on any atom is -0.352 e. The topological polar surface area (TPSA) is 105 Å². The molecule has 0 spiro atoms. The Balaban J connectivity index is 0.00000529. The highest BCUT2D eigenvalue weighted by Gasteiger charge is 2.29. The van der Waals surface area contributed by atoms with Gasteiger partial charge in [0.25, 0.3) is 0 Å². The third kappa shape index (κ3) is 7.05. The van der Waals surface area contributed by atoms with Crippen LogP contribution in [0.15, 0.2) is 0 Å². The lowest BCUT2D eigenvalue weighted by molar-refractivity contribution is -0.134. The number of halogens is 1. The first-order valence-electron chi connectivity index (χ1n) is 8.26. The van der Waals surface area contributed by atoms with Gasteiger partial charge in [0.2, 0.25) is 17.7 Å². The van der Waals surface area contributed by atoms with Gasteiger partial charge in [-0.15, -0.1) is 12.4 Å². The van der Waals surface area contributed by atoms with Crippen LogP contribution in [0.2, 0.25) is 0 Å². The molecule has 140 valence electrons. The van der Waals surface area contributed by atoms with Crippen molar-refractivity contribution in [3.8, 4) is 0 Å². The van der Waals surface area contributed by atoms with Crippen LogP contribution >= 0.6 is 12.4 Å². The number of carbonyl (C=O) groups is 3. The maximum absolute atomic E-state index is 12.0. The molecule has 3 atom stereocenters. The van der Waals surface area contributed by atoms with Crippen molar-refractivity contribution in [2.75, 3.05) is 20.6 Å². The van der Waals surface area contributed by atoms with Crippen LogP contribution in [0, 0.1) is 11.8 Å². The Morgan fingerprint density at radius 3 is 2.38 bits per heavy atom. The Bertz CT molecular complexity index is 443. The lowest BCUT2D eigenvalue weighted by Crippen LogP contribution is -2.49. The molecule has 0 bridgehead atoms. The van der Waals surface area contributed by atoms with Crippen LogP contribution in [-0.2, 0) is 14.4 Å². The van der Waals surface area contributed by atoms with Crippen molar-refractivity contribution in [2.45, 2.75) is 51.6 Å². The van der Waals surface area contributed by atoms with E-state index in [4.69, 9.17) is 5.73 Å². The van der Waals surface area contributed by atoms with Gasteiger partial charge in [-0.3, -0.25) is 14.4 Å². The largest absolute Gasteiger partial charge is 0.352 e. The summed E-state index contributed by atoms with van der Waals surface area (Å²) in [6.45, 7) is 3.63. The summed E-state index contributed by atoms with van der Waals surface area (Å²) in [4.78, 5) is 37.3. The highest BCUT2D eigenvalue weighted by atomic mass is 35.5. The second kappa shape index (κ2) is 10.5. The number of nitrogens with zero attached hydrogens (tertiary/aromatic N) is 1. The number of rotatable bonds is 6. The van der Waals surface area contributed by atoms with E-state index < -0.39 is 6.04 Å². The van der Waals surface area contributed by atoms with Crippen molar-refractivity contribution >= 4 is 30.1 Å². The van der Waals surface area contributed by atoms with Gasteiger partial charge in [-0.2, -0.15) is 0 Å². The lowest BCUT2D eigenvalue weighted by atomic mass is 9.85. The smallest absolute Gasteiger partial charge is 0.239 e. The van der Waals surface area contributed by atoms with Crippen molar-refractivity contribution in [2.24, 2.45) is 17.6 Å². The monoisotopic (exact) mass is 362 g/mol. The van der Waals surface area contributed by atoms with Gasteiger partial charge < -0.3 is 21.3 Å². The van der Waals surface area contributed by atoms with Gasteiger partial charge in [0, 0.05) is 26.1 Å². The third-order valence-electron chi connectivity index (χ3n) is 4.27. The summed E-state index contributed by atoms with van der Waals surface area (Å²) in [6.07, 6.45) is 3.30. The molecule has 1 aliphatic carbocycles. The van der Waals surface area contributed by atoms with E-state index in [-0.39, 0.29) is 54.6 Å². The maximum Gasteiger partial charge on any atom is 0.239 e. The number of nitrogens with two attached hydrogens (primary N) is 1. The number of carbonyl (C=O) groups excluding carboxylic acids is 3. The molecular formula is C16H31ClN4O3. The van der Waals surface area contributed by atoms with Crippen molar-refractivity contribution < 1.29 is 14.4 Å². The second-order valence-electron chi connectivity index (χ2n) is 6.85. The van der Waals surface area contributed by atoms with Gasteiger partial charge in [0.15, 0.2) is 0 Å². The van der Waals surface area contributed by atoms with Crippen molar-refractivity contribution in [3.05, 3.63) is 0 Å². The molecule has 0 heterocycles. The summed E-state index contributed by atoms with van der Waals surface area (Å²) in [5, 5.41) is 5.46. The molecule has 0 aromatic heterocycles. The summed E-state index contributed by atoms with van der Waals surface area (Å²) >= 11 is 0. The Labute approximate surface area is 150 Å². The molecule has 8 heteroatoms. The summed E-state index contributed by atoms with van der Waals surface area (Å²) in [7, 11) is 3.50. The van der Waals surface area contributed by atoms with E-state index in [0.717, 1.165) is 19.3 Å². The van der Waals surface area contributed by atoms with Gasteiger partial charge in [-0.1, -0.05) is 20.3 Å². The maximum atomic E-state index is 12.0. The van der Waals surface area contributed by atoms with E-state index >= 15 is 0 Å². The zero-order valence-corrected chi connectivity index (χ0v) is 15.8. The fourth-order valence-electron chi connectivity index (χ4n) is 2.78. The molecule has 0 aliphatic heterocycles. The Morgan fingerprint density at radius 2 is 1.83 bits per heavy atom. The molecule has 0 aromatic rings. The first kappa shape index (κ1) is 22.7. The molecule has 0 radical (unpaired) electrons. The Morgan fingerprint density at radius 1 is 1.21 bits per heavy atom. The molecular weight excluding hydrogens is 332 g/mol. The van der Waals surface area contributed by atoms with E-state index in [1.54, 1.807) is 19.0 Å². The standard InChI is InChI=1S/C16H30N4O3.ClH/c1-10(2)14(17)15(22)18-9-13(21)19-12-7-5-6-11(8-12)16(23)20(3)4;/h10-12,14H,5-9,17H2,1-4H3,(H,18,22)(H,19,21);1H/t11?,12?,14-;/m0./s1. The molecule has 1 saturated carbocycles. The summed E-state index contributed by atoms with van der Waals surface area (Å²) in [5.41, 5.74) is 5.72. The minimum atomic E-state index is -0.612. The molecule has 0 saturated heterocycles. The zero-order valence-electron chi connectivity index (χ0n) is 15.0. The fourth-order valence-corrected chi connectivity index (χ4v) is 2.78.